The van der Waals surface area contributed by atoms with Crippen LogP contribution in [0.5, 0.6) is 5.75 Å². The number of benzene rings is 2. The molecule has 0 aromatic heterocycles. The van der Waals surface area contributed by atoms with Crippen LogP contribution < -0.4 is 15.0 Å². The van der Waals surface area contributed by atoms with E-state index in [-0.39, 0.29) is 11.8 Å². The number of ether oxygens (including phenoxy) is 1. The lowest BCUT2D eigenvalue weighted by molar-refractivity contribution is -0.121. The van der Waals surface area contributed by atoms with Crippen LogP contribution in [-0.4, -0.2) is 25.5 Å². The van der Waals surface area contributed by atoms with Gasteiger partial charge in [-0.25, -0.2) is 0 Å². The molecule has 0 unspecified atom stereocenters. The summed E-state index contributed by atoms with van der Waals surface area (Å²) in [7, 11) is 1.80. The Kier molecular flexibility index (Phi) is 5.33. The van der Waals surface area contributed by atoms with Crippen LogP contribution in [0.25, 0.3) is 0 Å². The number of aryl methyl sites for hydroxylation is 1. The summed E-state index contributed by atoms with van der Waals surface area (Å²) in [5, 5.41) is 2.91. The van der Waals surface area contributed by atoms with Gasteiger partial charge in [-0.15, -0.1) is 0 Å². The molecule has 1 N–H and O–H groups in total. The molecule has 2 aromatic carbocycles. The first-order chi connectivity index (χ1) is 12.1. The van der Waals surface area contributed by atoms with Gasteiger partial charge < -0.3 is 15.0 Å². The Morgan fingerprint density at radius 2 is 1.96 bits per heavy atom. The van der Waals surface area contributed by atoms with Crippen LogP contribution in [0, 0.1) is 0 Å². The van der Waals surface area contributed by atoms with Crippen LogP contribution in [0.4, 0.5) is 5.69 Å². The van der Waals surface area contributed by atoms with E-state index >= 15 is 0 Å². The standard InChI is InChI=1S/C20H22N2O3/c1-22-18-9-7-15(13-16(18)8-10-20(22)24)14-21-19(23)11-12-25-17-5-3-2-4-6-17/h2-7,9,13H,8,10-12,14H2,1H3,(H,21,23). The molecule has 3 rings (SSSR count). The first kappa shape index (κ1) is 17.0. The van der Waals surface area contributed by atoms with Crippen LogP contribution in [0.3, 0.4) is 0 Å². The minimum atomic E-state index is -0.0408. The van der Waals surface area contributed by atoms with Crippen LogP contribution in [0.2, 0.25) is 0 Å². The van der Waals surface area contributed by atoms with Gasteiger partial charge in [0.1, 0.15) is 5.75 Å². The topological polar surface area (TPSA) is 58.6 Å². The third kappa shape index (κ3) is 4.38. The van der Waals surface area contributed by atoms with Gasteiger partial charge in [-0.05, 0) is 35.7 Å². The summed E-state index contributed by atoms with van der Waals surface area (Å²) >= 11 is 0. The lowest BCUT2D eigenvalue weighted by atomic mass is 9.99. The van der Waals surface area contributed by atoms with Crippen LogP contribution in [0.1, 0.15) is 24.0 Å². The number of para-hydroxylation sites is 1. The molecule has 1 aliphatic heterocycles. The van der Waals surface area contributed by atoms with E-state index < -0.39 is 0 Å². The summed E-state index contributed by atoms with van der Waals surface area (Å²) < 4.78 is 5.53. The second-order valence-electron chi connectivity index (χ2n) is 6.10. The molecule has 0 atom stereocenters. The maximum absolute atomic E-state index is 11.9. The van der Waals surface area contributed by atoms with E-state index in [2.05, 4.69) is 11.4 Å². The van der Waals surface area contributed by atoms with Crippen molar-refractivity contribution in [2.75, 3.05) is 18.6 Å². The van der Waals surface area contributed by atoms with Gasteiger partial charge in [-0.2, -0.15) is 0 Å². The van der Waals surface area contributed by atoms with E-state index in [4.69, 9.17) is 4.74 Å². The normalized spacial score (nSPS) is 13.3. The summed E-state index contributed by atoms with van der Waals surface area (Å²) in [4.78, 5) is 25.4. The smallest absolute Gasteiger partial charge is 0.227 e. The molecule has 0 saturated heterocycles. The number of hydrogen-bond donors (Lipinski definition) is 1. The predicted molar refractivity (Wildman–Crippen MR) is 96.6 cm³/mol. The minimum absolute atomic E-state index is 0.0408. The second kappa shape index (κ2) is 7.83. The van der Waals surface area contributed by atoms with E-state index in [9.17, 15) is 9.59 Å². The van der Waals surface area contributed by atoms with Crippen molar-refractivity contribution in [1.29, 1.82) is 0 Å². The van der Waals surface area contributed by atoms with Crippen molar-refractivity contribution in [3.8, 4) is 5.75 Å². The third-order valence-corrected chi connectivity index (χ3v) is 4.32. The van der Waals surface area contributed by atoms with Gasteiger partial charge in [0.25, 0.3) is 0 Å². The third-order valence-electron chi connectivity index (χ3n) is 4.32. The molecule has 25 heavy (non-hydrogen) atoms. The Morgan fingerprint density at radius 1 is 1.16 bits per heavy atom. The average Bonchev–Trinajstić information content (AvgIpc) is 2.64. The molecule has 0 radical (unpaired) electrons. The Balaban J connectivity index is 1.47. The fourth-order valence-electron chi connectivity index (χ4n) is 2.89. The van der Waals surface area contributed by atoms with Crippen molar-refractivity contribution >= 4 is 17.5 Å². The maximum Gasteiger partial charge on any atom is 0.227 e. The fourth-order valence-corrected chi connectivity index (χ4v) is 2.89. The Hall–Kier alpha value is -2.82. The molecule has 2 aromatic rings. The molecule has 0 bridgehead atoms. The number of nitrogens with zero attached hydrogens (tertiary/aromatic N) is 1. The van der Waals surface area contributed by atoms with Crippen LogP contribution in [-0.2, 0) is 22.6 Å². The molecule has 1 aliphatic rings. The van der Waals surface area contributed by atoms with Crippen molar-refractivity contribution in [2.45, 2.75) is 25.8 Å². The Bertz CT molecular complexity index is 759. The molecule has 0 aliphatic carbocycles. The fraction of sp³-hybridized carbons (Fsp3) is 0.300. The minimum Gasteiger partial charge on any atom is -0.493 e. The lowest BCUT2D eigenvalue weighted by Gasteiger charge is -2.26. The van der Waals surface area contributed by atoms with E-state index in [1.54, 1.807) is 11.9 Å². The number of nitrogens with one attached hydrogen (secondary N) is 1. The molecule has 0 spiro atoms. The highest BCUT2D eigenvalue weighted by molar-refractivity contribution is 5.95. The maximum atomic E-state index is 11.9. The molecule has 5 nitrogen and oxygen atoms in total. The molecule has 1 heterocycles. The number of carbonyl (C=O) groups excluding carboxylic acids is 2. The lowest BCUT2D eigenvalue weighted by Crippen LogP contribution is -2.31. The largest absolute Gasteiger partial charge is 0.493 e. The number of amides is 2. The molecule has 5 heteroatoms. The number of fused-ring (bicyclic) bond motifs is 1. The highest BCUT2D eigenvalue weighted by Gasteiger charge is 2.20. The molecular formula is C20H22N2O3. The Morgan fingerprint density at radius 3 is 2.76 bits per heavy atom. The van der Waals surface area contributed by atoms with Crippen molar-refractivity contribution in [3.63, 3.8) is 0 Å². The molecule has 0 fully saturated rings. The molecule has 0 saturated carbocycles. The van der Waals surface area contributed by atoms with Gasteiger partial charge in [-0.1, -0.05) is 30.3 Å². The van der Waals surface area contributed by atoms with Gasteiger partial charge in [-0.3, -0.25) is 9.59 Å². The highest BCUT2D eigenvalue weighted by Crippen LogP contribution is 2.27. The van der Waals surface area contributed by atoms with E-state index in [1.807, 2.05) is 42.5 Å². The van der Waals surface area contributed by atoms with Gasteiger partial charge in [0, 0.05) is 25.7 Å². The molecule has 130 valence electrons. The van der Waals surface area contributed by atoms with E-state index in [1.165, 1.54) is 0 Å². The first-order valence-corrected chi connectivity index (χ1v) is 8.46. The predicted octanol–water partition coefficient (Wildman–Crippen LogP) is 2.68. The second-order valence-corrected chi connectivity index (χ2v) is 6.10. The molecular weight excluding hydrogens is 316 g/mol. The van der Waals surface area contributed by atoms with E-state index in [0.717, 1.165) is 29.0 Å². The number of hydrogen-bond acceptors (Lipinski definition) is 3. The summed E-state index contributed by atoms with van der Waals surface area (Å²) in [6.45, 7) is 0.835. The Labute approximate surface area is 147 Å². The van der Waals surface area contributed by atoms with Gasteiger partial charge in [0.2, 0.25) is 11.8 Å². The zero-order valence-electron chi connectivity index (χ0n) is 14.3. The number of carbonyl (C=O) groups is 2. The summed E-state index contributed by atoms with van der Waals surface area (Å²) in [5.74, 6) is 0.872. The quantitative estimate of drug-likeness (QED) is 0.881. The van der Waals surface area contributed by atoms with E-state index in [0.29, 0.717) is 26.0 Å². The van der Waals surface area contributed by atoms with Crippen molar-refractivity contribution < 1.29 is 14.3 Å². The van der Waals surface area contributed by atoms with Crippen LogP contribution >= 0.6 is 0 Å². The zero-order valence-corrected chi connectivity index (χ0v) is 14.3. The van der Waals surface area contributed by atoms with Gasteiger partial charge in [0.15, 0.2) is 0 Å². The number of rotatable bonds is 6. The number of anilines is 1. The zero-order chi connectivity index (χ0) is 17.6. The SMILES string of the molecule is CN1C(=O)CCc2cc(CNC(=O)CCOc3ccccc3)ccc21. The molecule has 2 amide bonds. The summed E-state index contributed by atoms with van der Waals surface area (Å²) in [6, 6.07) is 15.4. The van der Waals surface area contributed by atoms with Crippen molar-refractivity contribution in [2.24, 2.45) is 0 Å². The van der Waals surface area contributed by atoms with Gasteiger partial charge >= 0.3 is 0 Å². The highest BCUT2D eigenvalue weighted by atomic mass is 16.5. The summed E-state index contributed by atoms with van der Waals surface area (Å²) in [5.41, 5.74) is 3.16. The first-order valence-electron chi connectivity index (χ1n) is 8.46. The van der Waals surface area contributed by atoms with Crippen molar-refractivity contribution in [1.82, 2.24) is 5.32 Å². The van der Waals surface area contributed by atoms with Crippen molar-refractivity contribution in [3.05, 3.63) is 59.7 Å². The summed E-state index contributed by atoms with van der Waals surface area (Å²) in [6.07, 6.45) is 1.61. The monoisotopic (exact) mass is 338 g/mol. The van der Waals surface area contributed by atoms with Gasteiger partial charge in [0.05, 0.1) is 13.0 Å². The van der Waals surface area contributed by atoms with Crippen LogP contribution in [0.15, 0.2) is 48.5 Å². The average molecular weight is 338 g/mol.